The summed E-state index contributed by atoms with van der Waals surface area (Å²) in [4.78, 5) is 26.9. The largest absolute Gasteiger partial charge is 0.360 e. The van der Waals surface area contributed by atoms with Crippen LogP contribution in [0.3, 0.4) is 0 Å². The van der Waals surface area contributed by atoms with Crippen LogP contribution >= 0.6 is 0 Å². The zero-order valence-corrected chi connectivity index (χ0v) is 13.8. The highest BCUT2D eigenvalue weighted by Crippen LogP contribution is 2.25. The number of carbonyl (C=O) groups excluding carboxylic acids is 2. The fraction of sp³-hybridized carbons (Fsp3) is 0.353. The monoisotopic (exact) mass is 315 g/mol. The van der Waals surface area contributed by atoms with Gasteiger partial charge in [-0.3, -0.25) is 9.59 Å². The van der Waals surface area contributed by atoms with Gasteiger partial charge in [-0.1, -0.05) is 23.4 Å². The van der Waals surface area contributed by atoms with E-state index in [4.69, 9.17) is 4.52 Å². The second-order valence-corrected chi connectivity index (χ2v) is 5.79. The number of hydrogen-bond donors (Lipinski definition) is 1. The summed E-state index contributed by atoms with van der Waals surface area (Å²) in [6.07, 6.45) is 0. The molecule has 2 aromatic rings. The maximum atomic E-state index is 12.9. The Labute approximate surface area is 135 Å². The summed E-state index contributed by atoms with van der Waals surface area (Å²) in [5.41, 5.74) is -0.475. The molecular weight excluding hydrogens is 294 g/mol. The standard InChI is InChI=1S/C17H21N3O3/c1-5-20(13-9-7-6-8-10-13)16(22)17(3,4)15(21)18-14-11-12(2)23-19-14/h6-11H,5H2,1-4H3,(H,18,19,21). The first kappa shape index (κ1) is 16.7. The Kier molecular flexibility index (Phi) is 4.83. The van der Waals surface area contributed by atoms with E-state index in [1.54, 1.807) is 31.7 Å². The van der Waals surface area contributed by atoms with Crippen LogP contribution in [0.1, 0.15) is 26.5 Å². The normalized spacial score (nSPS) is 11.1. The summed E-state index contributed by atoms with van der Waals surface area (Å²) in [6, 6.07) is 10.9. The topological polar surface area (TPSA) is 75.4 Å². The minimum Gasteiger partial charge on any atom is -0.360 e. The van der Waals surface area contributed by atoms with E-state index in [1.165, 1.54) is 0 Å². The summed E-state index contributed by atoms with van der Waals surface area (Å²) in [5, 5.41) is 6.34. The number of aryl methyl sites for hydroxylation is 1. The van der Waals surface area contributed by atoms with Crippen LogP contribution in [-0.2, 0) is 9.59 Å². The lowest BCUT2D eigenvalue weighted by Gasteiger charge is -2.30. The van der Waals surface area contributed by atoms with Crippen molar-refractivity contribution in [1.29, 1.82) is 0 Å². The van der Waals surface area contributed by atoms with E-state index in [0.29, 0.717) is 18.1 Å². The lowest BCUT2D eigenvalue weighted by atomic mass is 9.90. The molecular formula is C17H21N3O3. The Bertz CT molecular complexity index is 692. The van der Waals surface area contributed by atoms with Crippen LogP contribution < -0.4 is 10.2 Å². The summed E-state index contributed by atoms with van der Waals surface area (Å²) in [5.74, 6) is 0.189. The van der Waals surface area contributed by atoms with Crippen molar-refractivity contribution in [2.45, 2.75) is 27.7 Å². The van der Waals surface area contributed by atoms with Gasteiger partial charge in [0, 0.05) is 18.3 Å². The lowest BCUT2D eigenvalue weighted by Crippen LogP contribution is -2.47. The van der Waals surface area contributed by atoms with Gasteiger partial charge in [-0.25, -0.2) is 0 Å². The number of amides is 2. The van der Waals surface area contributed by atoms with Crippen molar-refractivity contribution >= 4 is 23.3 Å². The van der Waals surface area contributed by atoms with Crippen LogP contribution in [0, 0.1) is 12.3 Å². The van der Waals surface area contributed by atoms with Crippen molar-refractivity contribution in [2.24, 2.45) is 5.41 Å². The number of para-hydroxylation sites is 1. The Balaban J connectivity index is 2.19. The molecule has 0 saturated carbocycles. The molecule has 1 heterocycles. The van der Waals surface area contributed by atoms with Gasteiger partial charge in [-0.15, -0.1) is 0 Å². The van der Waals surface area contributed by atoms with Crippen LogP contribution in [0.4, 0.5) is 11.5 Å². The quantitative estimate of drug-likeness (QED) is 0.861. The molecule has 2 amide bonds. The van der Waals surface area contributed by atoms with Crippen LogP contribution in [0.5, 0.6) is 0 Å². The third-order valence-corrected chi connectivity index (χ3v) is 3.60. The average Bonchev–Trinajstić information content (AvgIpc) is 2.94. The predicted molar refractivity (Wildman–Crippen MR) is 88.1 cm³/mol. The van der Waals surface area contributed by atoms with Crippen molar-refractivity contribution in [3.8, 4) is 0 Å². The molecule has 0 atom stereocenters. The predicted octanol–water partition coefficient (Wildman–Crippen LogP) is 3.00. The summed E-state index contributed by atoms with van der Waals surface area (Å²) in [7, 11) is 0. The molecule has 0 radical (unpaired) electrons. The molecule has 0 fully saturated rings. The van der Waals surface area contributed by atoms with Gasteiger partial charge in [0.25, 0.3) is 0 Å². The first-order chi connectivity index (χ1) is 10.9. The van der Waals surface area contributed by atoms with Crippen molar-refractivity contribution in [3.05, 3.63) is 42.2 Å². The number of nitrogens with one attached hydrogen (secondary N) is 1. The van der Waals surface area contributed by atoms with Crippen LogP contribution in [0.25, 0.3) is 0 Å². The third-order valence-electron chi connectivity index (χ3n) is 3.60. The van der Waals surface area contributed by atoms with E-state index in [2.05, 4.69) is 10.5 Å². The van der Waals surface area contributed by atoms with Gasteiger partial charge in [0.2, 0.25) is 11.8 Å². The number of hydrogen-bond acceptors (Lipinski definition) is 4. The number of benzene rings is 1. The molecule has 122 valence electrons. The van der Waals surface area contributed by atoms with Gasteiger partial charge < -0.3 is 14.7 Å². The smallest absolute Gasteiger partial charge is 0.242 e. The fourth-order valence-corrected chi connectivity index (χ4v) is 2.18. The summed E-state index contributed by atoms with van der Waals surface area (Å²) >= 11 is 0. The Hall–Kier alpha value is -2.63. The van der Waals surface area contributed by atoms with Gasteiger partial charge in [-0.2, -0.15) is 0 Å². The zero-order valence-electron chi connectivity index (χ0n) is 13.8. The molecule has 0 bridgehead atoms. The fourth-order valence-electron chi connectivity index (χ4n) is 2.18. The number of carbonyl (C=O) groups is 2. The molecule has 0 aliphatic heterocycles. The second-order valence-electron chi connectivity index (χ2n) is 5.79. The first-order valence-corrected chi connectivity index (χ1v) is 7.48. The molecule has 0 aliphatic carbocycles. The number of rotatable bonds is 5. The molecule has 0 spiro atoms. The highest BCUT2D eigenvalue weighted by atomic mass is 16.5. The van der Waals surface area contributed by atoms with Crippen molar-refractivity contribution in [3.63, 3.8) is 0 Å². The Morgan fingerprint density at radius 2 is 1.91 bits per heavy atom. The van der Waals surface area contributed by atoms with E-state index >= 15 is 0 Å². The van der Waals surface area contributed by atoms with E-state index in [0.717, 1.165) is 5.69 Å². The Morgan fingerprint density at radius 3 is 2.43 bits per heavy atom. The molecule has 0 aliphatic rings. The molecule has 1 aromatic heterocycles. The first-order valence-electron chi connectivity index (χ1n) is 7.48. The van der Waals surface area contributed by atoms with Crippen molar-refractivity contribution in [2.75, 3.05) is 16.8 Å². The maximum Gasteiger partial charge on any atom is 0.242 e. The minimum atomic E-state index is -1.24. The molecule has 1 aromatic carbocycles. The highest BCUT2D eigenvalue weighted by molar-refractivity contribution is 6.14. The number of anilines is 2. The SMILES string of the molecule is CCN(C(=O)C(C)(C)C(=O)Nc1cc(C)on1)c1ccccc1. The van der Waals surface area contributed by atoms with Gasteiger partial charge in [0.1, 0.15) is 11.2 Å². The average molecular weight is 315 g/mol. The highest BCUT2D eigenvalue weighted by Gasteiger charge is 2.39. The summed E-state index contributed by atoms with van der Waals surface area (Å²) < 4.78 is 4.92. The molecule has 23 heavy (non-hydrogen) atoms. The molecule has 6 heteroatoms. The van der Waals surface area contributed by atoms with Crippen LogP contribution in [0.2, 0.25) is 0 Å². The molecule has 6 nitrogen and oxygen atoms in total. The van der Waals surface area contributed by atoms with E-state index in [1.807, 2.05) is 37.3 Å². The van der Waals surface area contributed by atoms with E-state index in [-0.39, 0.29) is 5.91 Å². The van der Waals surface area contributed by atoms with Gasteiger partial charge >= 0.3 is 0 Å². The molecule has 1 N–H and O–H groups in total. The zero-order chi connectivity index (χ0) is 17.0. The molecule has 0 unspecified atom stereocenters. The van der Waals surface area contributed by atoms with E-state index < -0.39 is 11.3 Å². The minimum absolute atomic E-state index is 0.274. The molecule has 2 rings (SSSR count). The number of nitrogens with zero attached hydrogens (tertiary/aromatic N) is 2. The van der Waals surface area contributed by atoms with E-state index in [9.17, 15) is 9.59 Å². The van der Waals surface area contributed by atoms with Gasteiger partial charge in [-0.05, 0) is 39.8 Å². The van der Waals surface area contributed by atoms with Gasteiger partial charge in [0.15, 0.2) is 5.82 Å². The second kappa shape index (κ2) is 6.64. The number of aromatic nitrogens is 1. The van der Waals surface area contributed by atoms with Gasteiger partial charge in [0.05, 0.1) is 0 Å². The third kappa shape index (κ3) is 3.59. The van der Waals surface area contributed by atoms with Crippen molar-refractivity contribution in [1.82, 2.24) is 5.16 Å². The van der Waals surface area contributed by atoms with Crippen LogP contribution in [0.15, 0.2) is 40.9 Å². The summed E-state index contributed by atoms with van der Waals surface area (Å²) in [6.45, 7) is 7.28. The van der Waals surface area contributed by atoms with Crippen LogP contribution in [-0.4, -0.2) is 23.5 Å². The van der Waals surface area contributed by atoms with Crippen molar-refractivity contribution < 1.29 is 14.1 Å². The lowest BCUT2D eigenvalue weighted by molar-refractivity contribution is -0.136. The molecule has 0 saturated heterocycles. The Morgan fingerprint density at radius 1 is 1.26 bits per heavy atom. The maximum absolute atomic E-state index is 12.9.